The third-order valence-electron chi connectivity index (χ3n) is 6.28. The molecule has 5 rings (SSSR count). The lowest BCUT2D eigenvalue weighted by atomic mass is 9.96. The average Bonchev–Trinajstić information content (AvgIpc) is 3.69. The largest absolute Gasteiger partial charge is 0.352 e. The number of nitrogens with zero attached hydrogens (tertiary/aromatic N) is 3. The zero-order valence-electron chi connectivity index (χ0n) is 19.9. The van der Waals surface area contributed by atoms with Crippen molar-refractivity contribution in [3.8, 4) is 5.69 Å². The molecular formula is C24H21BFN5O5S. The van der Waals surface area contributed by atoms with Crippen molar-refractivity contribution >= 4 is 45.7 Å². The molecule has 0 bridgehead atoms. The fourth-order valence-electron chi connectivity index (χ4n) is 4.23. The first-order valence-corrected chi connectivity index (χ1v) is 12.8. The Balaban J connectivity index is 1.89. The Morgan fingerprint density at radius 3 is 2.41 bits per heavy atom. The first kappa shape index (κ1) is 24.7. The van der Waals surface area contributed by atoms with Gasteiger partial charge in [0.1, 0.15) is 24.7 Å². The molecule has 13 heteroatoms. The molecule has 1 fully saturated rings. The number of rotatable bonds is 6. The Hall–Kier alpha value is -3.97. The summed E-state index contributed by atoms with van der Waals surface area (Å²) in [4.78, 5) is 40.2. The van der Waals surface area contributed by atoms with Crippen LogP contribution in [0.3, 0.4) is 0 Å². The van der Waals surface area contributed by atoms with Crippen molar-refractivity contribution in [1.29, 1.82) is 0 Å². The number of sulfonamides is 1. The monoisotopic (exact) mass is 521 g/mol. The summed E-state index contributed by atoms with van der Waals surface area (Å²) in [7, 11) is 4.43. The van der Waals surface area contributed by atoms with Crippen molar-refractivity contribution in [2.45, 2.75) is 23.8 Å². The molecule has 0 atom stereocenters. The summed E-state index contributed by atoms with van der Waals surface area (Å²) < 4.78 is 45.1. The molecule has 1 aliphatic rings. The van der Waals surface area contributed by atoms with Gasteiger partial charge in [0, 0.05) is 19.2 Å². The van der Waals surface area contributed by atoms with Crippen LogP contribution in [0.25, 0.3) is 16.7 Å². The highest BCUT2D eigenvalue weighted by Crippen LogP contribution is 2.33. The van der Waals surface area contributed by atoms with Crippen molar-refractivity contribution in [3.05, 3.63) is 85.5 Å². The smallest absolute Gasteiger partial charge is 0.337 e. The molecule has 0 amide bonds. The lowest BCUT2D eigenvalue weighted by molar-refractivity contribution is 0.588. The van der Waals surface area contributed by atoms with Gasteiger partial charge in [0.25, 0.3) is 11.1 Å². The third kappa shape index (κ3) is 4.19. The Labute approximate surface area is 211 Å². The van der Waals surface area contributed by atoms with Gasteiger partial charge < -0.3 is 5.32 Å². The molecule has 2 heterocycles. The Bertz CT molecular complexity index is 1880. The van der Waals surface area contributed by atoms with E-state index in [0.717, 1.165) is 25.8 Å². The number of nitrogens with one attached hydrogen (secondary N) is 2. The summed E-state index contributed by atoms with van der Waals surface area (Å²) in [6, 6.07) is 10.3. The molecule has 0 aliphatic heterocycles. The summed E-state index contributed by atoms with van der Waals surface area (Å²) >= 11 is 0. The third-order valence-corrected chi connectivity index (χ3v) is 7.69. The minimum absolute atomic E-state index is 0.00563. The van der Waals surface area contributed by atoms with Crippen molar-refractivity contribution in [1.82, 2.24) is 18.4 Å². The topological polar surface area (TPSA) is 124 Å². The summed E-state index contributed by atoms with van der Waals surface area (Å²) in [5, 5.41) is 2.77. The highest BCUT2D eigenvalue weighted by Gasteiger charge is 2.31. The molecule has 10 nitrogen and oxygen atoms in total. The summed E-state index contributed by atoms with van der Waals surface area (Å²) in [6.45, 7) is 0. The van der Waals surface area contributed by atoms with E-state index in [2.05, 4.69) is 10.0 Å². The van der Waals surface area contributed by atoms with Crippen LogP contribution in [0.4, 0.5) is 15.8 Å². The first-order valence-electron chi connectivity index (χ1n) is 11.3. The van der Waals surface area contributed by atoms with Gasteiger partial charge in [-0.1, -0.05) is 17.6 Å². The van der Waals surface area contributed by atoms with Gasteiger partial charge in [0.15, 0.2) is 0 Å². The molecule has 188 valence electrons. The van der Waals surface area contributed by atoms with Gasteiger partial charge in [0.2, 0.25) is 10.0 Å². The lowest BCUT2D eigenvalue weighted by Crippen LogP contribution is -2.41. The van der Waals surface area contributed by atoms with E-state index in [1.165, 1.54) is 50.5 Å². The molecule has 2 aromatic carbocycles. The van der Waals surface area contributed by atoms with Crippen LogP contribution in [-0.2, 0) is 17.1 Å². The number of halogens is 1. The number of fused-ring (bicyclic) bond motifs is 1. The minimum atomic E-state index is -3.86. The average molecular weight is 521 g/mol. The molecule has 2 radical (unpaired) electrons. The number of anilines is 2. The molecule has 2 N–H and O–H groups in total. The summed E-state index contributed by atoms with van der Waals surface area (Å²) in [6.07, 6.45) is 1.21. The maximum Gasteiger partial charge on any atom is 0.337 e. The second-order valence-corrected chi connectivity index (χ2v) is 10.6. The van der Waals surface area contributed by atoms with Crippen LogP contribution in [0.15, 0.2) is 67.8 Å². The second-order valence-electron chi connectivity index (χ2n) is 8.75. The van der Waals surface area contributed by atoms with Crippen LogP contribution in [0, 0.1) is 5.82 Å². The summed E-state index contributed by atoms with van der Waals surface area (Å²) in [5.74, 6) is -0.699. The molecule has 0 spiro atoms. The molecule has 1 aliphatic carbocycles. The van der Waals surface area contributed by atoms with Gasteiger partial charge >= 0.3 is 5.69 Å². The normalized spacial score (nSPS) is 13.7. The van der Waals surface area contributed by atoms with E-state index in [0.29, 0.717) is 12.8 Å². The van der Waals surface area contributed by atoms with Gasteiger partial charge in [-0.15, -0.1) is 0 Å². The van der Waals surface area contributed by atoms with Gasteiger partial charge in [0.05, 0.1) is 22.0 Å². The predicted octanol–water partition coefficient (Wildman–Crippen LogP) is 0.771. The van der Waals surface area contributed by atoms with Crippen LogP contribution in [-0.4, -0.2) is 37.0 Å². The van der Waals surface area contributed by atoms with E-state index < -0.39 is 32.6 Å². The van der Waals surface area contributed by atoms with Crippen LogP contribution >= 0.6 is 0 Å². The highest BCUT2D eigenvalue weighted by molar-refractivity contribution is 7.89. The fraction of sp³-hybridized carbons (Fsp3) is 0.208. The zero-order valence-corrected chi connectivity index (χ0v) is 20.7. The molecule has 0 saturated heterocycles. The molecule has 4 aromatic rings. The molecule has 0 unspecified atom stereocenters. The molecule has 2 aromatic heterocycles. The Morgan fingerprint density at radius 2 is 1.76 bits per heavy atom. The Morgan fingerprint density at radius 1 is 1.03 bits per heavy atom. The maximum absolute atomic E-state index is 14.6. The van der Waals surface area contributed by atoms with E-state index in [4.69, 9.17) is 7.85 Å². The van der Waals surface area contributed by atoms with Gasteiger partial charge in [-0.3, -0.25) is 18.7 Å². The van der Waals surface area contributed by atoms with Crippen molar-refractivity contribution in [2.75, 3.05) is 12.4 Å². The van der Waals surface area contributed by atoms with Crippen LogP contribution in [0.5, 0.6) is 0 Å². The van der Waals surface area contributed by atoms with Gasteiger partial charge in [-0.25, -0.2) is 26.9 Å². The molecular weight excluding hydrogens is 500 g/mol. The standard InChI is InChI=1S/C24H21BFN5O5S/c1-27-37(35,36)16-5-3-4-15(11-16)30-22-21(23(33)31(24(30)34)14-7-8-14)19(12-20(32)29(22)2)28-18-9-6-13(25)10-17(18)26/h3-6,9-12,14,27-28H,7-8H2,1-2H3. The second kappa shape index (κ2) is 8.85. The number of hydrogen-bond acceptors (Lipinski definition) is 6. The zero-order chi connectivity index (χ0) is 26.6. The van der Waals surface area contributed by atoms with Crippen molar-refractivity contribution in [3.63, 3.8) is 0 Å². The van der Waals surface area contributed by atoms with Crippen LogP contribution in [0.1, 0.15) is 18.9 Å². The van der Waals surface area contributed by atoms with E-state index >= 15 is 0 Å². The molecule has 37 heavy (non-hydrogen) atoms. The minimum Gasteiger partial charge on any atom is -0.352 e. The Kier molecular flexibility index (Phi) is 5.91. The number of aryl methyl sites for hydroxylation is 1. The van der Waals surface area contributed by atoms with Gasteiger partial charge in [-0.05, 0) is 50.2 Å². The van der Waals surface area contributed by atoms with Crippen molar-refractivity contribution in [2.24, 2.45) is 7.05 Å². The summed E-state index contributed by atoms with van der Waals surface area (Å²) in [5.41, 5.74) is -1.73. The maximum atomic E-state index is 14.6. The van der Waals surface area contributed by atoms with E-state index in [9.17, 15) is 27.2 Å². The quantitative estimate of drug-likeness (QED) is 0.362. The fourth-order valence-corrected chi connectivity index (χ4v) is 5.00. The van der Waals surface area contributed by atoms with E-state index in [1.54, 1.807) is 0 Å². The number of hydrogen-bond donors (Lipinski definition) is 2. The van der Waals surface area contributed by atoms with Crippen molar-refractivity contribution < 1.29 is 12.8 Å². The van der Waals surface area contributed by atoms with E-state index in [1.807, 2.05) is 0 Å². The van der Waals surface area contributed by atoms with Gasteiger partial charge in [-0.2, -0.15) is 0 Å². The highest BCUT2D eigenvalue weighted by atomic mass is 32.2. The number of pyridine rings is 1. The van der Waals surface area contributed by atoms with E-state index in [-0.39, 0.29) is 44.5 Å². The predicted molar refractivity (Wildman–Crippen MR) is 139 cm³/mol. The number of aromatic nitrogens is 3. The lowest BCUT2D eigenvalue weighted by Gasteiger charge is -2.19. The SMILES string of the molecule is [B]c1ccc(Nc2cc(=O)n(C)c3c2c(=O)n(C2CC2)c(=O)n3-c2cccc(S(=O)(=O)NC)c2)c(F)c1. The molecule has 1 saturated carbocycles. The number of benzene rings is 2. The van der Waals surface area contributed by atoms with Crippen LogP contribution in [0.2, 0.25) is 0 Å². The first-order chi connectivity index (χ1) is 17.5. The van der Waals surface area contributed by atoms with Crippen LogP contribution < -0.4 is 32.3 Å².